The van der Waals surface area contributed by atoms with E-state index in [2.05, 4.69) is 17.2 Å². The van der Waals surface area contributed by atoms with Crippen molar-refractivity contribution < 1.29 is 29.0 Å². The normalized spacial score (nSPS) is 11.1. The number of benzene rings is 4. The van der Waals surface area contributed by atoms with Gasteiger partial charge >= 0.3 is 11.9 Å². The van der Waals surface area contributed by atoms with E-state index in [0.717, 1.165) is 27.8 Å². The maximum absolute atomic E-state index is 12.9. The number of carboxylic acid groups (broad SMARTS) is 1. The molecule has 0 aliphatic carbocycles. The molecule has 0 aromatic heterocycles. The first kappa shape index (κ1) is 32.9. The first-order chi connectivity index (χ1) is 22.2. The lowest BCUT2D eigenvalue weighted by Crippen LogP contribution is -2.24. The Morgan fingerprint density at radius 1 is 0.761 bits per heavy atom. The Hall–Kier alpha value is -6.02. The van der Waals surface area contributed by atoms with Crippen molar-refractivity contribution in [2.75, 3.05) is 12.4 Å². The van der Waals surface area contributed by atoms with E-state index in [4.69, 9.17) is 9.84 Å². The quantitative estimate of drug-likeness (QED) is 0.0912. The predicted molar refractivity (Wildman–Crippen MR) is 179 cm³/mol. The van der Waals surface area contributed by atoms with Crippen LogP contribution in [0.2, 0.25) is 0 Å². The van der Waals surface area contributed by atoms with Crippen LogP contribution in [0.5, 0.6) is 0 Å². The van der Waals surface area contributed by atoms with Gasteiger partial charge in [-0.2, -0.15) is 0 Å². The van der Waals surface area contributed by atoms with Crippen LogP contribution in [-0.4, -0.2) is 36.0 Å². The average Bonchev–Trinajstić information content (AvgIpc) is 3.08. The first-order valence-electron chi connectivity index (χ1n) is 14.5. The van der Waals surface area contributed by atoms with E-state index >= 15 is 0 Å². The Kier molecular flexibility index (Phi) is 11.2. The van der Waals surface area contributed by atoms with Gasteiger partial charge in [0.05, 0.1) is 19.1 Å². The van der Waals surface area contributed by atoms with Gasteiger partial charge in [-0.05, 0) is 82.8 Å². The second kappa shape index (κ2) is 15.6. The maximum Gasteiger partial charge on any atom is 0.337 e. The Labute approximate surface area is 267 Å². The van der Waals surface area contributed by atoms with Crippen LogP contribution >= 0.6 is 0 Å². The zero-order valence-electron chi connectivity index (χ0n) is 25.6. The number of nitrogens with one attached hydrogen (secondary N) is 2. The summed E-state index contributed by atoms with van der Waals surface area (Å²) in [5.74, 6) is -1.95. The molecule has 4 rings (SSSR count). The Morgan fingerprint density at radius 3 is 1.89 bits per heavy atom. The molecular formula is C38H34N2O6. The van der Waals surface area contributed by atoms with Gasteiger partial charge < -0.3 is 20.5 Å². The number of aliphatic carboxylic acids is 1. The summed E-state index contributed by atoms with van der Waals surface area (Å²) in [6.45, 7) is 5.94. The van der Waals surface area contributed by atoms with Gasteiger partial charge in [-0.15, -0.1) is 0 Å². The first-order valence-corrected chi connectivity index (χ1v) is 14.5. The zero-order chi connectivity index (χ0) is 33.1. The summed E-state index contributed by atoms with van der Waals surface area (Å²) in [7, 11) is 1.34. The molecule has 0 aliphatic rings. The molecule has 0 atom stereocenters. The van der Waals surface area contributed by atoms with Crippen LogP contribution in [0.25, 0.3) is 16.7 Å². The Bertz CT molecular complexity index is 1800. The van der Waals surface area contributed by atoms with Crippen LogP contribution in [0.4, 0.5) is 5.69 Å². The zero-order valence-corrected chi connectivity index (χ0v) is 25.6. The Morgan fingerprint density at radius 2 is 1.33 bits per heavy atom. The molecular weight excluding hydrogens is 580 g/mol. The van der Waals surface area contributed by atoms with Gasteiger partial charge in [-0.25, -0.2) is 4.79 Å². The van der Waals surface area contributed by atoms with Crippen molar-refractivity contribution >= 4 is 35.0 Å². The molecule has 0 bridgehead atoms. The number of hydrogen-bond acceptors (Lipinski definition) is 5. The monoisotopic (exact) mass is 614 g/mol. The van der Waals surface area contributed by atoms with E-state index in [0.29, 0.717) is 22.4 Å². The number of carboxylic acids is 1. The second-order valence-electron chi connectivity index (χ2n) is 10.3. The number of hydrogen-bond donors (Lipinski definition) is 3. The van der Waals surface area contributed by atoms with Gasteiger partial charge in [-0.3, -0.25) is 14.4 Å². The SMILES string of the molecule is C=C(/C=C\C(=C/C)c1ccc(NC(=O)c2ccc(-c3ccc(C(=O)OC)cc3)cc2)cc1)C(=O)NCc1ccccc1CC(=O)O. The molecule has 3 N–H and O–H groups in total. The highest BCUT2D eigenvalue weighted by Gasteiger charge is 2.11. The predicted octanol–water partition coefficient (Wildman–Crippen LogP) is 6.85. The number of amides is 2. The number of rotatable bonds is 12. The molecule has 4 aromatic rings. The lowest BCUT2D eigenvalue weighted by atomic mass is 10.0. The third-order valence-corrected chi connectivity index (χ3v) is 7.23. The minimum absolute atomic E-state index is 0.121. The van der Waals surface area contributed by atoms with Crippen molar-refractivity contribution in [1.82, 2.24) is 5.32 Å². The fraction of sp³-hybridized carbons (Fsp3) is 0.105. The number of allylic oxidation sites excluding steroid dienone is 3. The number of carbonyl (C=O) groups is 4. The molecule has 0 saturated heterocycles. The van der Waals surface area contributed by atoms with Gasteiger partial charge in [0.1, 0.15) is 0 Å². The molecule has 0 saturated carbocycles. The maximum atomic E-state index is 12.9. The van der Waals surface area contributed by atoms with Gasteiger partial charge in [-0.1, -0.05) is 79.4 Å². The molecule has 8 heteroatoms. The van der Waals surface area contributed by atoms with Crippen molar-refractivity contribution in [3.63, 3.8) is 0 Å². The Balaban J connectivity index is 1.32. The molecule has 0 heterocycles. The molecule has 232 valence electrons. The molecule has 2 amide bonds. The summed E-state index contributed by atoms with van der Waals surface area (Å²) in [5, 5.41) is 14.8. The molecule has 0 aliphatic heterocycles. The van der Waals surface area contributed by atoms with E-state index in [-0.39, 0.29) is 30.4 Å². The lowest BCUT2D eigenvalue weighted by Gasteiger charge is -2.10. The van der Waals surface area contributed by atoms with Gasteiger partial charge in [0, 0.05) is 23.4 Å². The second-order valence-corrected chi connectivity index (χ2v) is 10.3. The number of methoxy groups -OCH3 is 1. The third-order valence-electron chi connectivity index (χ3n) is 7.23. The summed E-state index contributed by atoms with van der Waals surface area (Å²) in [5.41, 5.74) is 6.78. The topological polar surface area (TPSA) is 122 Å². The minimum Gasteiger partial charge on any atom is -0.481 e. The van der Waals surface area contributed by atoms with Crippen LogP contribution in [0.15, 0.2) is 127 Å². The van der Waals surface area contributed by atoms with Gasteiger partial charge in [0.15, 0.2) is 0 Å². The van der Waals surface area contributed by atoms with Crippen molar-refractivity contribution in [1.29, 1.82) is 0 Å². The molecule has 0 fully saturated rings. The standard InChI is InChI=1S/C38H34N2O6/c1-4-26(10-9-25(2)36(43)39-24-33-8-6-5-7-32(33)23-35(41)42)27-19-21-34(22-20-27)40-37(44)30-15-11-28(12-16-30)29-13-17-31(18-14-29)38(45)46-3/h4-22H,2,23-24H2,1,3H3,(H,39,43)(H,40,44)(H,41,42)/b10-9-,26-4+. The van der Waals surface area contributed by atoms with Crippen molar-refractivity contribution in [3.05, 3.63) is 155 Å². The highest BCUT2D eigenvalue weighted by molar-refractivity contribution is 6.04. The molecule has 46 heavy (non-hydrogen) atoms. The molecule has 0 spiro atoms. The summed E-state index contributed by atoms with van der Waals surface area (Å²) >= 11 is 0. The summed E-state index contributed by atoms with van der Waals surface area (Å²) < 4.78 is 4.74. The van der Waals surface area contributed by atoms with Crippen LogP contribution in [0.1, 0.15) is 44.3 Å². The smallest absolute Gasteiger partial charge is 0.337 e. The fourth-order valence-electron chi connectivity index (χ4n) is 4.66. The van der Waals surface area contributed by atoms with E-state index in [1.165, 1.54) is 7.11 Å². The molecule has 4 aromatic carbocycles. The van der Waals surface area contributed by atoms with Crippen molar-refractivity contribution in [2.45, 2.75) is 19.9 Å². The van der Waals surface area contributed by atoms with Gasteiger partial charge in [0.2, 0.25) is 0 Å². The molecule has 0 unspecified atom stereocenters. The number of carbonyl (C=O) groups excluding carboxylic acids is 3. The van der Waals surface area contributed by atoms with Crippen LogP contribution in [-0.2, 0) is 27.3 Å². The largest absolute Gasteiger partial charge is 0.481 e. The number of esters is 1. The van der Waals surface area contributed by atoms with E-state index in [1.54, 1.807) is 72.8 Å². The fourth-order valence-corrected chi connectivity index (χ4v) is 4.66. The third kappa shape index (κ3) is 8.76. The van der Waals surface area contributed by atoms with E-state index < -0.39 is 11.9 Å². The highest BCUT2D eigenvalue weighted by atomic mass is 16.5. The highest BCUT2D eigenvalue weighted by Crippen LogP contribution is 2.23. The van der Waals surface area contributed by atoms with Crippen LogP contribution in [0, 0.1) is 0 Å². The van der Waals surface area contributed by atoms with Gasteiger partial charge in [0.25, 0.3) is 11.8 Å². The van der Waals surface area contributed by atoms with Crippen molar-refractivity contribution in [2.24, 2.45) is 0 Å². The minimum atomic E-state index is -0.936. The molecule has 8 nitrogen and oxygen atoms in total. The molecule has 0 radical (unpaired) electrons. The van der Waals surface area contributed by atoms with Crippen molar-refractivity contribution in [3.8, 4) is 11.1 Å². The lowest BCUT2D eigenvalue weighted by molar-refractivity contribution is -0.136. The summed E-state index contributed by atoms with van der Waals surface area (Å²) in [6.07, 6.45) is 5.20. The summed E-state index contributed by atoms with van der Waals surface area (Å²) in [4.78, 5) is 48.3. The average molecular weight is 615 g/mol. The van der Waals surface area contributed by atoms with Crippen LogP contribution in [0.3, 0.4) is 0 Å². The van der Waals surface area contributed by atoms with Crippen LogP contribution < -0.4 is 10.6 Å². The number of anilines is 1. The van der Waals surface area contributed by atoms with E-state index in [9.17, 15) is 19.2 Å². The summed E-state index contributed by atoms with van der Waals surface area (Å²) in [6, 6.07) is 28.7. The van der Waals surface area contributed by atoms with E-state index in [1.807, 2.05) is 49.4 Å². The number of ether oxygens (including phenoxy) is 1.